The van der Waals surface area contributed by atoms with E-state index >= 15 is 0 Å². The fourth-order valence-electron chi connectivity index (χ4n) is 3.46. The average Bonchev–Trinajstić information content (AvgIpc) is 3.18. The second-order valence-electron chi connectivity index (χ2n) is 7.27. The average molecular weight is 363 g/mol. The van der Waals surface area contributed by atoms with Crippen LogP contribution in [0.2, 0.25) is 0 Å². The van der Waals surface area contributed by atoms with E-state index in [9.17, 15) is 0 Å². The Hall–Kier alpha value is -2.57. The van der Waals surface area contributed by atoms with Crippen LogP contribution in [0.1, 0.15) is 42.8 Å². The number of benzene rings is 1. The van der Waals surface area contributed by atoms with E-state index in [4.69, 9.17) is 4.52 Å². The predicted octanol–water partition coefficient (Wildman–Crippen LogP) is 3.40. The van der Waals surface area contributed by atoms with Crippen LogP contribution >= 0.6 is 0 Å². The van der Waals surface area contributed by atoms with Gasteiger partial charge < -0.3 is 9.84 Å². The summed E-state index contributed by atoms with van der Waals surface area (Å²) in [6.07, 6.45) is 3.74. The SMILES string of the molecule is CC(C)c1ccc(-c2noc(CN3CCNCC3c3cccnc3)n2)cc1. The minimum Gasteiger partial charge on any atom is -0.338 e. The number of piperazine rings is 1. The highest BCUT2D eigenvalue weighted by Gasteiger charge is 2.25. The Bertz CT molecular complexity index is 860. The molecule has 1 N–H and O–H groups in total. The van der Waals surface area contributed by atoms with Gasteiger partial charge in [-0.25, -0.2) is 0 Å². The minimum atomic E-state index is 0.258. The van der Waals surface area contributed by atoms with E-state index in [1.807, 2.05) is 12.3 Å². The van der Waals surface area contributed by atoms with E-state index < -0.39 is 0 Å². The molecule has 0 aliphatic carbocycles. The van der Waals surface area contributed by atoms with Crippen LogP contribution in [0.25, 0.3) is 11.4 Å². The molecule has 27 heavy (non-hydrogen) atoms. The molecule has 0 radical (unpaired) electrons. The second-order valence-corrected chi connectivity index (χ2v) is 7.27. The van der Waals surface area contributed by atoms with Gasteiger partial charge in [-0.3, -0.25) is 9.88 Å². The lowest BCUT2D eigenvalue weighted by Crippen LogP contribution is -2.45. The van der Waals surface area contributed by atoms with Crippen LogP contribution in [0.4, 0.5) is 0 Å². The number of nitrogens with one attached hydrogen (secondary N) is 1. The van der Waals surface area contributed by atoms with Gasteiger partial charge in [-0.1, -0.05) is 49.3 Å². The van der Waals surface area contributed by atoms with E-state index in [1.54, 1.807) is 6.20 Å². The molecule has 1 unspecified atom stereocenters. The standard InChI is InChI=1S/C21H25N5O/c1-15(2)16-5-7-17(8-6-16)21-24-20(27-25-21)14-26-11-10-23-13-19(26)18-4-3-9-22-12-18/h3-9,12,15,19,23H,10-11,13-14H2,1-2H3. The number of hydrogen-bond donors (Lipinski definition) is 1. The third kappa shape index (κ3) is 4.07. The second kappa shape index (κ2) is 7.98. The molecule has 0 spiro atoms. The molecule has 140 valence electrons. The van der Waals surface area contributed by atoms with Crippen LogP contribution in [0.3, 0.4) is 0 Å². The molecule has 1 saturated heterocycles. The number of aromatic nitrogens is 3. The summed E-state index contributed by atoms with van der Waals surface area (Å²) < 4.78 is 5.54. The Kier molecular flexibility index (Phi) is 5.27. The number of pyridine rings is 1. The smallest absolute Gasteiger partial charge is 0.241 e. The summed E-state index contributed by atoms with van der Waals surface area (Å²) in [6, 6.07) is 12.7. The zero-order valence-corrected chi connectivity index (χ0v) is 15.8. The zero-order chi connectivity index (χ0) is 18.6. The van der Waals surface area contributed by atoms with Gasteiger partial charge in [-0.15, -0.1) is 0 Å². The van der Waals surface area contributed by atoms with Gasteiger partial charge in [0.2, 0.25) is 11.7 Å². The molecular weight excluding hydrogens is 338 g/mol. The maximum Gasteiger partial charge on any atom is 0.241 e. The van der Waals surface area contributed by atoms with Gasteiger partial charge in [-0.2, -0.15) is 4.98 Å². The highest BCUT2D eigenvalue weighted by molar-refractivity contribution is 5.54. The summed E-state index contributed by atoms with van der Waals surface area (Å²) >= 11 is 0. The molecule has 0 saturated carbocycles. The fourth-order valence-corrected chi connectivity index (χ4v) is 3.46. The Balaban J connectivity index is 1.49. The maximum atomic E-state index is 5.54. The first-order valence-electron chi connectivity index (χ1n) is 9.48. The highest BCUT2D eigenvalue weighted by atomic mass is 16.5. The van der Waals surface area contributed by atoms with Crippen molar-refractivity contribution in [1.29, 1.82) is 0 Å². The van der Waals surface area contributed by atoms with Gasteiger partial charge in [0.1, 0.15) is 0 Å². The normalized spacial score (nSPS) is 18.1. The van der Waals surface area contributed by atoms with Gasteiger partial charge in [-0.05, 0) is 23.1 Å². The van der Waals surface area contributed by atoms with Gasteiger partial charge >= 0.3 is 0 Å². The lowest BCUT2D eigenvalue weighted by atomic mass is 10.0. The van der Waals surface area contributed by atoms with Crippen molar-refractivity contribution in [3.8, 4) is 11.4 Å². The van der Waals surface area contributed by atoms with Gasteiger partial charge in [0, 0.05) is 43.6 Å². The molecule has 6 heteroatoms. The Labute approximate surface area is 159 Å². The van der Waals surface area contributed by atoms with Crippen molar-refractivity contribution in [2.75, 3.05) is 19.6 Å². The lowest BCUT2D eigenvalue weighted by molar-refractivity contribution is 0.135. The topological polar surface area (TPSA) is 67.1 Å². The molecule has 0 amide bonds. The van der Waals surface area contributed by atoms with Gasteiger partial charge in [0.25, 0.3) is 0 Å². The van der Waals surface area contributed by atoms with Crippen LogP contribution in [0, 0.1) is 0 Å². The van der Waals surface area contributed by atoms with Crippen LogP contribution in [0.15, 0.2) is 53.3 Å². The van der Waals surface area contributed by atoms with Crippen molar-refractivity contribution in [2.24, 2.45) is 0 Å². The summed E-state index contributed by atoms with van der Waals surface area (Å²) in [5, 5.41) is 7.64. The lowest BCUT2D eigenvalue weighted by Gasteiger charge is -2.35. The quantitative estimate of drug-likeness (QED) is 0.749. The molecule has 1 aliphatic rings. The fraction of sp³-hybridized carbons (Fsp3) is 0.381. The summed E-state index contributed by atoms with van der Waals surface area (Å²) in [5.41, 5.74) is 3.50. The molecule has 1 aromatic carbocycles. The molecule has 4 rings (SSSR count). The molecule has 3 aromatic rings. The molecule has 6 nitrogen and oxygen atoms in total. The molecule has 0 bridgehead atoms. The van der Waals surface area contributed by atoms with E-state index in [2.05, 4.69) is 69.5 Å². The van der Waals surface area contributed by atoms with E-state index in [-0.39, 0.29) is 6.04 Å². The van der Waals surface area contributed by atoms with E-state index in [0.29, 0.717) is 24.2 Å². The third-order valence-corrected chi connectivity index (χ3v) is 5.07. The zero-order valence-electron chi connectivity index (χ0n) is 15.8. The molecule has 2 aromatic heterocycles. The van der Waals surface area contributed by atoms with Gasteiger partial charge in [0.15, 0.2) is 0 Å². The minimum absolute atomic E-state index is 0.258. The summed E-state index contributed by atoms with van der Waals surface area (Å²) in [4.78, 5) is 11.2. The number of nitrogens with zero attached hydrogens (tertiary/aromatic N) is 4. The summed E-state index contributed by atoms with van der Waals surface area (Å²) in [6.45, 7) is 7.79. The number of rotatable bonds is 5. The third-order valence-electron chi connectivity index (χ3n) is 5.07. The van der Waals surface area contributed by atoms with Crippen LogP contribution < -0.4 is 5.32 Å². The van der Waals surface area contributed by atoms with Crippen LogP contribution in [0.5, 0.6) is 0 Å². The molecule has 1 aliphatic heterocycles. The van der Waals surface area contributed by atoms with Crippen molar-refractivity contribution in [3.63, 3.8) is 0 Å². The number of hydrogen-bond acceptors (Lipinski definition) is 6. The summed E-state index contributed by atoms with van der Waals surface area (Å²) in [5.74, 6) is 1.80. The van der Waals surface area contributed by atoms with Crippen molar-refractivity contribution < 1.29 is 4.52 Å². The maximum absolute atomic E-state index is 5.54. The molecule has 3 heterocycles. The van der Waals surface area contributed by atoms with Crippen LogP contribution in [-0.2, 0) is 6.54 Å². The monoisotopic (exact) mass is 363 g/mol. The Morgan fingerprint density at radius 3 is 2.81 bits per heavy atom. The first-order valence-corrected chi connectivity index (χ1v) is 9.48. The first kappa shape index (κ1) is 17.8. The first-order chi connectivity index (χ1) is 13.2. The van der Waals surface area contributed by atoms with Crippen molar-refractivity contribution in [1.82, 2.24) is 25.3 Å². The van der Waals surface area contributed by atoms with Crippen molar-refractivity contribution in [3.05, 3.63) is 65.8 Å². The Morgan fingerprint density at radius 1 is 1.22 bits per heavy atom. The van der Waals surface area contributed by atoms with Gasteiger partial charge in [0.05, 0.1) is 6.54 Å². The molecule has 1 atom stereocenters. The van der Waals surface area contributed by atoms with Crippen molar-refractivity contribution >= 4 is 0 Å². The van der Waals surface area contributed by atoms with E-state index in [1.165, 1.54) is 11.1 Å². The predicted molar refractivity (Wildman–Crippen MR) is 104 cm³/mol. The van der Waals surface area contributed by atoms with Crippen molar-refractivity contribution in [2.45, 2.75) is 32.4 Å². The summed E-state index contributed by atoms with van der Waals surface area (Å²) in [7, 11) is 0. The Morgan fingerprint density at radius 2 is 2.07 bits per heavy atom. The largest absolute Gasteiger partial charge is 0.338 e. The highest BCUT2D eigenvalue weighted by Crippen LogP contribution is 2.25. The van der Waals surface area contributed by atoms with E-state index in [0.717, 1.165) is 25.2 Å². The van der Waals surface area contributed by atoms with Crippen LogP contribution in [-0.4, -0.2) is 39.7 Å². The molecule has 1 fully saturated rings. The molecular formula is C21H25N5O.